The van der Waals surface area contributed by atoms with E-state index in [1.807, 2.05) is 24.3 Å². The number of hydrogen-bond acceptors (Lipinski definition) is 4. The number of nitrogens with one attached hydrogen (secondary N) is 1. The van der Waals surface area contributed by atoms with Crippen molar-refractivity contribution in [2.45, 2.75) is 6.54 Å². The lowest BCUT2D eigenvalue weighted by Crippen LogP contribution is -2.23. The van der Waals surface area contributed by atoms with Gasteiger partial charge in [-0.15, -0.1) is 5.10 Å². The zero-order chi connectivity index (χ0) is 18.0. The van der Waals surface area contributed by atoms with Crippen LogP contribution in [0.5, 0.6) is 0 Å². The molecular weight excluding hydrogens is 342 g/mol. The molecule has 3 rings (SSSR count). The van der Waals surface area contributed by atoms with Crippen LogP contribution < -0.4 is 5.32 Å². The molecule has 0 aliphatic heterocycles. The van der Waals surface area contributed by atoms with Crippen molar-refractivity contribution in [3.63, 3.8) is 0 Å². The van der Waals surface area contributed by atoms with Gasteiger partial charge in [0.25, 0.3) is 5.91 Å². The average molecular weight is 358 g/mol. The van der Waals surface area contributed by atoms with Crippen molar-refractivity contribution >= 4 is 40.1 Å². The predicted molar refractivity (Wildman–Crippen MR) is 95.6 cm³/mol. The Hall–Kier alpha value is -2.93. The van der Waals surface area contributed by atoms with Crippen LogP contribution in [0.2, 0.25) is 5.02 Å². The smallest absolute Gasteiger partial charge is 0.253 e. The average Bonchev–Trinajstić information content (AvgIpc) is 2.99. The van der Waals surface area contributed by atoms with E-state index in [9.17, 15) is 9.59 Å². The molecule has 3 aromatic rings. The van der Waals surface area contributed by atoms with E-state index in [0.717, 1.165) is 5.52 Å². The Bertz CT molecular complexity index is 951. The highest BCUT2D eigenvalue weighted by atomic mass is 35.5. The van der Waals surface area contributed by atoms with Crippen LogP contribution in [0.1, 0.15) is 10.4 Å². The van der Waals surface area contributed by atoms with Crippen LogP contribution in [0.3, 0.4) is 0 Å². The number of hydrogen-bond donors (Lipinski definition) is 1. The van der Waals surface area contributed by atoms with E-state index in [0.29, 0.717) is 21.8 Å². The Morgan fingerprint density at radius 1 is 1.20 bits per heavy atom. The number of fused-ring (bicyclic) bond motifs is 1. The number of para-hydroxylation sites is 1. The molecule has 1 N–H and O–H groups in total. The third-order valence-electron chi connectivity index (χ3n) is 3.61. The summed E-state index contributed by atoms with van der Waals surface area (Å²) in [7, 11) is 3.32. The number of anilines is 1. The lowest BCUT2D eigenvalue weighted by Gasteiger charge is -2.13. The molecule has 25 heavy (non-hydrogen) atoms. The highest BCUT2D eigenvalue weighted by molar-refractivity contribution is 6.33. The first-order valence-electron chi connectivity index (χ1n) is 7.55. The normalized spacial score (nSPS) is 10.7. The summed E-state index contributed by atoms with van der Waals surface area (Å²) in [6.07, 6.45) is 0. The summed E-state index contributed by atoms with van der Waals surface area (Å²) >= 11 is 6.13. The van der Waals surface area contributed by atoms with Crippen LogP contribution in [-0.2, 0) is 11.3 Å². The largest absolute Gasteiger partial charge is 0.345 e. The molecule has 0 unspecified atom stereocenters. The molecule has 0 saturated heterocycles. The number of carbonyl (C=O) groups excluding carboxylic acids is 2. The second-order valence-corrected chi connectivity index (χ2v) is 6.09. The third-order valence-corrected chi connectivity index (χ3v) is 3.94. The zero-order valence-electron chi connectivity index (χ0n) is 13.7. The molecular formula is C17H16ClN5O2. The topological polar surface area (TPSA) is 80.1 Å². The van der Waals surface area contributed by atoms with Crippen molar-refractivity contribution in [1.29, 1.82) is 0 Å². The fraction of sp³-hybridized carbons (Fsp3) is 0.176. The number of aromatic nitrogens is 3. The van der Waals surface area contributed by atoms with E-state index in [1.54, 1.807) is 32.3 Å². The molecule has 0 radical (unpaired) electrons. The van der Waals surface area contributed by atoms with Gasteiger partial charge in [-0.05, 0) is 30.3 Å². The van der Waals surface area contributed by atoms with Crippen LogP contribution >= 0.6 is 11.6 Å². The first-order valence-corrected chi connectivity index (χ1v) is 7.93. The minimum atomic E-state index is -0.313. The number of nitrogens with zero attached hydrogens (tertiary/aromatic N) is 4. The zero-order valence-corrected chi connectivity index (χ0v) is 14.5. The molecule has 0 fully saturated rings. The van der Waals surface area contributed by atoms with Crippen LogP contribution in [0.25, 0.3) is 11.0 Å². The second kappa shape index (κ2) is 6.90. The summed E-state index contributed by atoms with van der Waals surface area (Å²) in [6, 6.07) is 12.1. The van der Waals surface area contributed by atoms with Crippen LogP contribution in [0, 0.1) is 0 Å². The molecule has 0 bridgehead atoms. The number of rotatable bonds is 4. The van der Waals surface area contributed by atoms with Gasteiger partial charge in [0, 0.05) is 19.7 Å². The lowest BCUT2D eigenvalue weighted by molar-refractivity contribution is -0.116. The molecule has 8 heteroatoms. The molecule has 0 saturated carbocycles. The van der Waals surface area contributed by atoms with E-state index < -0.39 is 0 Å². The quantitative estimate of drug-likeness (QED) is 0.777. The van der Waals surface area contributed by atoms with Gasteiger partial charge < -0.3 is 10.2 Å². The highest BCUT2D eigenvalue weighted by Gasteiger charge is 2.14. The molecule has 0 aliphatic rings. The first-order chi connectivity index (χ1) is 12.0. The fourth-order valence-electron chi connectivity index (χ4n) is 2.37. The number of benzene rings is 2. The van der Waals surface area contributed by atoms with Gasteiger partial charge in [-0.25, -0.2) is 4.68 Å². The van der Waals surface area contributed by atoms with Crippen LogP contribution in [-0.4, -0.2) is 45.8 Å². The number of amides is 2. The first kappa shape index (κ1) is 16.9. The maximum Gasteiger partial charge on any atom is 0.253 e. The monoisotopic (exact) mass is 357 g/mol. The molecule has 0 aliphatic carbocycles. The van der Waals surface area contributed by atoms with Crippen molar-refractivity contribution in [2.75, 3.05) is 19.4 Å². The van der Waals surface area contributed by atoms with Gasteiger partial charge in [-0.1, -0.05) is 28.9 Å². The Labute approximate surface area is 149 Å². The summed E-state index contributed by atoms with van der Waals surface area (Å²) in [5, 5.41) is 11.1. The predicted octanol–water partition coefficient (Wildman–Crippen LogP) is 2.43. The lowest BCUT2D eigenvalue weighted by atomic mass is 10.2. The van der Waals surface area contributed by atoms with Crippen molar-refractivity contribution in [1.82, 2.24) is 19.9 Å². The van der Waals surface area contributed by atoms with E-state index in [1.165, 1.54) is 9.58 Å². The second-order valence-electron chi connectivity index (χ2n) is 5.68. The van der Waals surface area contributed by atoms with Crippen LogP contribution in [0.4, 0.5) is 5.69 Å². The van der Waals surface area contributed by atoms with Gasteiger partial charge in [-0.2, -0.15) is 0 Å². The maximum atomic E-state index is 12.3. The SMILES string of the molecule is CN(C)C(=O)c1ccc(Cl)c(NC(=O)Cn2nnc3ccccc32)c1. The summed E-state index contributed by atoms with van der Waals surface area (Å²) < 4.78 is 1.51. The molecule has 128 valence electrons. The minimum Gasteiger partial charge on any atom is -0.345 e. The maximum absolute atomic E-state index is 12.3. The van der Waals surface area contributed by atoms with E-state index in [4.69, 9.17) is 11.6 Å². The van der Waals surface area contributed by atoms with Gasteiger partial charge in [0.1, 0.15) is 12.1 Å². The Morgan fingerprint density at radius 2 is 1.96 bits per heavy atom. The van der Waals surface area contributed by atoms with E-state index >= 15 is 0 Å². The Balaban J connectivity index is 1.79. The molecule has 2 amide bonds. The van der Waals surface area contributed by atoms with Crippen molar-refractivity contribution < 1.29 is 9.59 Å². The molecule has 0 atom stereocenters. The standard InChI is InChI=1S/C17H16ClN5O2/c1-22(2)17(25)11-7-8-12(18)14(9-11)19-16(24)10-23-15-6-4-3-5-13(15)20-21-23/h3-9H,10H2,1-2H3,(H,19,24). The van der Waals surface area contributed by atoms with Gasteiger partial charge in [0.2, 0.25) is 5.91 Å². The fourth-order valence-corrected chi connectivity index (χ4v) is 2.54. The minimum absolute atomic E-state index is 0.0112. The molecule has 1 heterocycles. The molecule has 2 aromatic carbocycles. The summed E-state index contributed by atoms with van der Waals surface area (Å²) in [4.78, 5) is 25.8. The van der Waals surface area contributed by atoms with Gasteiger partial charge in [0.05, 0.1) is 16.2 Å². The van der Waals surface area contributed by atoms with Crippen molar-refractivity contribution in [3.05, 3.63) is 53.1 Å². The summed E-state index contributed by atoms with van der Waals surface area (Å²) in [5.41, 5.74) is 2.30. The Morgan fingerprint density at radius 3 is 2.72 bits per heavy atom. The highest BCUT2D eigenvalue weighted by Crippen LogP contribution is 2.23. The van der Waals surface area contributed by atoms with E-state index in [2.05, 4.69) is 15.6 Å². The van der Waals surface area contributed by atoms with Gasteiger partial charge >= 0.3 is 0 Å². The summed E-state index contributed by atoms with van der Waals surface area (Å²) in [6.45, 7) is -0.0112. The Kier molecular flexibility index (Phi) is 4.67. The van der Waals surface area contributed by atoms with Gasteiger partial charge in [-0.3, -0.25) is 9.59 Å². The number of carbonyl (C=O) groups is 2. The third kappa shape index (κ3) is 3.61. The van der Waals surface area contributed by atoms with Gasteiger partial charge in [0.15, 0.2) is 0 Å². The summed E-state index contributed by atoms with van der Waals surface area (Å²) in [5.74, 6) is -0.485. The van der Waals surface area contributed by atoms with Crippen LogP contribution in [0.15, 0.2) is 42.5 Å². The van der Waals surface area contributed by atoms with E-state index in [-0.39, 0.29) is 18.4 Å². The van der Waals surface area contributed by atoms with Crippen molar-refractivity contribution in [3.8, 4) is 0 Å². The number of halogens is 1. The molecule has 1 aromatic heterocycles. The molecule has 0 spiro atoms. The van der Waals surface area contributed by atoms with Crippen molar-refractivity contribution in [2.24, 2.45) is 0 Å². The molecule has 7 nitrogen and oxygen atoms in total.